The number of nitrogens with zero attached hydrogens (tertiary/aromatic N) is 1. The molecule has 0 bridgehead atoms. The quantitative estimate of drug-likeness (QED) is 0.404. The number of hydrogen-bond donors (Lipinski definition) is 2. The van der Waals surface area contributed by atoms with Crippen LogP contribution in [0.3, 0.4) is 0 Å². The number of para-hydroxylation sites is 2. The summed E-state index contributed by atoms with van der Waals surface area (Å²) in [7, 11) is 0. The number of benzene rings is 3. The molecule has 0 saturated carbocycles. The maximum atomic E-state index is 13.5. The van der Waals surface area contributed by atoms with Crippen molar-refractivity contribution in [3.8, 4) is 0 Å². The molecule has 6 nitrogen and oxygen atoms in total. The van der Waals surface area contributed by atoms with Crippen LogP contribution in [0.25, 0.3) is 0 Å². The van der Waals surface area contributed by atoms with E-state index in [0.717, 1.165) is 22.6 Å². The van der Waals surface area contributed by atoms with Crippen LogP contribution in [0.4, 0.5) is 17.1 Å². The minimum atomic E-state index is -0.465. The smallest absolute Gasteiger partial charge is 0.269 e. The number of ketones is 1. The third-order valence-electron chi connectivity index (χ3n) is 6.27. The largest absolute Gasteiger partial charge is 0.372 e. The van der Waals surface area contributed by atoms with Gasteiger partial charge in [0, 0.05) is 29.8 Å². The van der Waals surface area contributed by atoms with E-state index in [1.54, 1.807) is 12.1 Å². The predicted octanol–water partition coefficient (Wildman–Crippen LogP) is 5.88. The third kappa shape index (κ3) is 3.64. The Labute approximate surface area is 186 Å². The number of allylic oxidation sites excluding steroid dienone is 1. The van der Waals surface area contributed by atoms with E-state index in [9.17, 15) is 14.9 Å². The lowest BCUT2D eigenvalue weighted by molar-refractivity contribution is -0.384. The first kappa shape index (κ1) is 20.0. The Kier molecular flexibility index (Phi) is 4.98. The van der Waals surface area contributed by atoms with Crippen molar-refractivity contribution in [1.82, 2.24) is 0 Å². The molecule has 3 aromatic carbocycles. The molecule has 1 heterocycles. The van der Waals surface area contributed by atoms with Gasteiger partial charge in [0.05, 0.1) is 22.3 Å². The Morgan fingerprint density at radius 3 is 2.41 bits per heavy atom. The lowest BCUT2D eigenvalue weighted by Crippen LogP contribution is -2.26. The summed E-state index contributed by atoms with van der Waals surface area (Å²) in [5.41, 5.74) is 6.33. The predicted molar refractivity (Wildman–Crippen MR) is 125 cm³/mol. The van der Waals surface area contributed by atoms with Crippen molar-refractivity contribution < 1.29 is 9.72 Å². The second kappa shape index (κ2) is 7.96. The maximum absolute atomic E-state index is 13.5. The van der Waals surface area contributed by atoms with Crippen molar-refractivity contribution in [2.24, 2.45) is 0 Å². The van der Waals surface area contributed by atoms with Crippen LogP contribution < -0.4 is 10.6 Å². The highest BCUT2D eigenvalue weighted by Crippen LogP contribution is 2.44. The molecule has 2 atom stereocenters. The molecule has 6 heteroatoms. The molecular formula is C26H23N3O3. The molecule has 3 aromatic rings. The number of nitro benzene ring substituents is 1. The number of nitrogens with one attached hydrogen (secondary N) is 2. The molecule has 0 spiro atoms. The Morgan fingerprint density at radius 2 is 1.66 bits per heavy atom. The van der Waals surface area contributed by atoms with Crippen LogP contribution in [-0.2, 0) is 4.79 Å². The molecule has 0 unspecified atom stereocenters. The van der Waals surface area contributed by atoms with E-state index < -0.39 is 11.0 Å². The summed E-state index contributed by atoms with van der Waals surface area (Å²) in [4.78, 5) is 24.5. The number of non-ortho nitro benzene ring substituents is 1. The van der Waals surface area contributed by atoms with Crippen molar-refractivity contribution in [1.29, 1.82) is 0 Å². The Morgan fingerprint density at radius 1 is 0.906 bits per heavy atom. The fourth-order valence-electron chi connectivity index (χ4n) is 4.63. The number of aryl methyl sites for hydroxylation is 1. The van der Waals surface area contributed by atoms with Crippen LogP contribution in [0.5, 0.6) is 0 Å². The molecule has 160 valence electrons. The molecular weight excluding hydrogens is 402 g/mol. The molecule has 32 heavy (non-hydrogen) atoms. The number of Topliss-reactive ketones (excluding diaryl/α,β-unsaturated/α-hetero) is 1. The second-order valence-corrected chi connectivity index (χ2v) is 8.43. The van der Waals surface area contributed by atoms with Crippen molar-refractivity contribution in [2.45, 2.75) is 31.7 Å². The summed E-state index contributed by atoms with van der Waals surface area (Å²) in [6.07, 6.45) is 1.11. The zero-order valence-electron chi connectivity index (χ0n) is 17.7. The van der Waals surface area contributed by atoms with E-state index in [0.29, 0.717) is 24.0 Å². The third-order valence-corrected chi connectivity index (χ3v) is 6.27. The fraction of sp³-hybridized carbons (Fsp3) is 0.192. The highest BCUT2D eigenvalue weighted by molar-refractivity contribution is 6.01. The average Bonchev–Trinajstić information content (AvgIpc) is 2.96. The standard InChI is InChI=1S/C26H23N3O3/c1-16-9-11-17(12-10-16)19-14-23-25(24(30)15-19)26(18-5-4-6-20(13-18)29(31)32)28-22-8-3-2-7-21(22)27-23/h2-13,19,26-28H,14-15H2,1H3/t19-,26-/m1/s1. The van der Waals surface area contributed by atoms with Crippen LogP contribution in [0.15, 0.2) is 84.1 Å². The minimum Gasteiger partial charge on any atom is -0.372 e. The molecule has 1 aliphatic heterocycles. The van der Waals surface area contributed by atoms with E-state index in [-0.39, 0.29) is 17.4 Å². The van der Waals surface area contributed by atoms with Gasteiger partial charge in [0.25, 0.3) is 5.69 Å². The Bertz CT molecular complexity index is 1250. The normalized spacial score (nSPS) is 19.8. The second-order valence-electron chi connectivity index (χ2n) is 8.43. The van der Waals surface area contributed by atoms with Gasteiger partial charge in [0.1, 0.15) is 0 Å². The summed E-state index contributed by atoms with van der Waals surface area (Å²) >= 11 is 0. The van der Waals surface area contributed by atoms with Crippen molar-refractivity contribution in [3.05, 3.63) is 111 Å². The van der Waals surface area contributed by atoms with E-state index in [1.807, 2.05) is 30.3 Å². The lowest BCUT2D eigenvalue weighted by Gasteiger charge is -2.30. The molecule has 0 radical (unpaired) electrons. The van der Waals surface area contributed by atoms with Gasteiger partial charge in [-0.3, -0.25) is 14.9 Å². The summed E-state index contributed by atoms with van der Waals surface area (Å²) < 4.78 is 0. The highest BCUT2D eigenvalue weighted by atomic mass is 16.6. The first-order valence-corrected chi connectivity index (χ1v) is 10.7. The van der Waals surface area contributed by atoms with Crippen molar-refractivity contribution >= 4 is 22.8 Å². The number of hydrogen-bond acceptors (Lipinski definition) is 5. The summed E-state index contributed by atoms with van der Waals surface area (Å²) in [6, 6.07) is 22.2. The van der Waals surface area contributed by atoms with Gasteiger partial charge in [-0.2, -0.15) is 0 Å². The van der Waals surface area contributed by atoms with E-state index in [2.05, 4.69) is 41.8 Å². The summed E-state index contributed by atoms with van der Waals surface area (Å²) in [5, 5.41) is 18.3. The number of fused-ring (bicyclic) bond motifs is 1. The Hall–Kier alpha value is -3.93. The number of rotatable bonds is 3. The molecule has 2 N–H and O–H groups in total. The zero-order chi connectivity index (χ0) is 22.2. The number of nitro groups is 1. The van der Waals surface area contributed by atoms with Gasteiger partial charge in [-0.15, -0.1) is 0 Å². The molecule has 0 fully saturated rings. The fourth-order valence-corrected chi connectivity index (χ4v) is 4.63. The minimum absolute atomic E-state index is 0.0118. The van der Waals surface area contributed by atoms with Crippen molar-refractivity contribution in [3.63, 3.8) is 0 Å². The molecule has 5 rings (SSSR count). The van der Waals surface area contributed by atoms with Crippen LogP contribution >= 0.6 is 0 Å². The zero-order valence-corrected chi connectivity index (χ0v) is 17.7. The molecule has 1 aliphatic carbocycles. The SMILES string of the molecule is Cc1ccc([C@H]2CC(=O)C3=C(C2)Nc2ccccc2N[C@@H]3c2cccc([N+](=O)[O-])c2)cc1. The number of carbonyl (C=O) groups is 1. The Balaban J connectivity index is 1.61. The van der Waals surface area contributed by atoms with Gasteiger partial charge >= 0.3 is 0 Å². The highest BCUT2D eigenvalue weighted by Gasteiger charge is 2.36. The van der Waals surface area contributed by atoms with E-state index >= 15 is 0 Å². The topological polar surface area (TPSA) is 84.3 Å². The van der Waals surface area contributed by atoms with Crippen LogP contribution in [0, 0.1) is 17.0 Å². The molecule has 2 aliphatic rings. The number of carbonyl (C=O) groups excluding carboxylic acids is 1. The first-order chi connectivity index (χ1) is 15.5. The molecule has 0 aromatic heterocycles. The van der Waals surface area contributed by atoms with Gasteiger partial charge in [-0.1, -0.05) is 54.1 Å². The van der Waals surface area contributed by atoms with Crippen LogP contribution in [0.2, 0.25) is 0 Å². The van der Waals surface area contributed by atoms with Crippen molar-refractivity contribution in [2.75, 3.05) is 10.6 Å². The van der Waals surface area contributed by atoms with Crippen LogP contribution in [0.1, 0.15) is 41.5 Å². The average molecular weight is 425 g/mol. The van der Waals surface area contributed by atoms with Gasteiger partial charge < -0.3 is 10.6 Å². The summed E-state index contributed by atoms with van der Waals surface area (Å²) in [6.45, 7) is 2.05. The van der Waals surface area contributed by atoms with Gasteiger partial charge in [-0.25, -0.2) is 0 Å². The lowest BCUT2D eigenvalue weighted by atomic mass is 9.78. The molecule has 0 amide bonds. The van der Waals surface area contributed by atoms with Gasteiger partial charge in [-0.05, 0) is 42.5 Å². The maximum Gasteiger partial charge on any atom is 0.269 e. The number of anilines is 2. The monoisotopic (exact) mass is 425 g/mol. The van der Waals surface area contributed by atoms with Gasteiger partial charge in [0.15, 0.2) is 5.78 Å². The summed E-state index contributed by atoms with van der Waals surface area (Å²) in [5.74, 6) is 0.145. The molecule has 0 saturated heterocycles. The van der Waals surface area contributed by atoms with E-state index in [1.165, 1.54) is 11.6 Å². The van der Waals surface area contributed by atoms with Gasteiger partial charge in [0.2, 0.25) is 0 Å². The van der Waals surface area contributed by atoms with Crippen LogP contribution in [-0.4, -0.2) is 10.7 Å². The first-order valence-electron chi connectivity index (χ1n) is 10.7. The van der Waals surface area contributed by atoms with E-state index in [4.69, 9.17) is 0 Å².